The third-order valence-electron chi connectivity index (χ3n) is 4.02. The number of aryl methyl sites for hydroxylation is 1. The molecule has 140 valence electrons. The van der Waals surface area contributed by atoms with Gasteiger partial charge in [-0.15, -0.1) is 0 Å². The first-order valence-electron chi connectivity index (χ1n) is 8.76. The van der Waals surface area contributed by atoms with Crippen molar-refractivity contribution in [2.24, 2.45) is 0 Å². The third kappa shape index (κ3) is 5.18. The van der Waals surface area contributed by atoms with Crippen molar-refractivity contribution in [3.63, 3.8) is 0 Å². The summed E-state index contributed by atoms with van der Waals surface area (Å²) in [6.07, 6.45) is 0.902. The zero-order valence-corrected chi connectivity index (χ0v) is 16.1. The Morgan fingerprint density at radius 3 is 2.69 bits per heavy atom. The molecule has 1 aromatic heterocycles. The first-order valence-corrected chi connectivity index (χ1v) is 8.76. The standard InChI is InChI=1S/C20H27N3O3/c1-14-8-9-17(16(13-14)20(3,4)5)26-15(2)19(25)21-11-12-23-18(24)7-6-10-22-23/h6-10,13,15H,11-12H2,1-5H3,(H,21,25). The van der Waals surface area contributed by atoms with Crippen LogP contribution < -0.4 is 15.6 Å². The molecule has 2 aromatic rings. The Balaban J connectivity index is 1.97. The normalized spacial score (nSPS) is 12.5. The van der Waals surface area contributed by atoms with Crippen molar-refractivity contribution in [1.82, 2.24) is 15.1 Å². The van der Waals surface area contributed by atoms with Crippen LogP contribution in [0.2, 0.25) is 0 Å². The number of amides is 1. The molecule has 1 amide bonds. The van der Waals surface area contributed by atoms with Gasteiger partial charge in [-0.05, 0) is 37.0 Å². The average Bonchev–Trinajstić information content (AvgIpc) is 2.57. The van der Waals surface area contributed by atoms with Crippen LogP contribution in [0.4, 0.5) is 0 Å². The van der Waals surface area contributed by atoms with Gasteiger partial charge in [-0.3, -0.25) is 9.59 Å². The Hall–Kier alpha value is -2.63. The Labute approximate surface area is 154 Å². The molecule has 0 aliphatic rings. The molecular formula is C20H27N3O3. The van der Waals surface area contributed by atoms with Crippen LogP contribution in [0.25, 0.3) is 0 Å². The minimum absolute atomic E-state index is 0.0856. The summed E-state index contributed by atoms with van der Waals surface area (Å²) in [4.78, 5) is 23.9. The van der Waals surface area contributed by atoms with Crippen LogP contribution in [-0.2, 0) is 16.8 Å². The molecule has 0 aliphatic carbocycles. The van der Waals surface area contributed by atoms with Crippen LogP contribution in [0.3, 0.4) is 0 Å². The van der Waals surface area contributed by atoms with E-state index in [0.717, 1.165) is 11.1 Å². The van der Waals surface area contributed by atoms with Crippen LogP contribution in [0, 0.1) is 6.92 Å². The smallest absolute Gasteiger partial charge is 0.266 e. The van der Waals surface area contributed by atoms with Crippen molar-refractivity contribution >= 4 is 5.91 Å². The van der Waals surface area contributed by atoms with Gasteiger partial charge in [0.05, 0.1) is 6.54 Å². The van der Waals surface area contributed by atoms with Gasteiger partial charge in [-0.2, -0.15) is 5.10 Å². The van der Waals surface area contributed by atoms with E-state index in [9.17, 15) is 9.59 Å². The van der Waals surface area contributed by atoms with Gasteiger partial charge in [-0.1, -0.05) is 38.5 Å². The molecule has 6 heteroatoms. The Morgan fingerprint density at radius 1 is 1.31 bits per heavy atom. The minimum atomic E-state index is -0.640. The molecule has 1 N–H and O–H groups in total. The van der Waals surface area contributed by atoms with Crippen molar-refractivity contribution in [3.05, 3.63) is 58.0 Å². The van der Waals surface area contributed by atoms with Crippen LogP contribution in [-0.4, -0.2) is 28.3 Å². The Bertz CT molecular complexity index is 822. The predicted molar refractivity (Wildman–Crippen MR) is 101 cm³/mol. The molecule has 2 rings (SSSR count). The number of nitrogens with one attached hydrogen (secondary N) is 1. The summed E-state index contributed by atoms with van der Waals surface area (Å²) in [5.74, 6) is 0.487. The monoisotopic (exact) mass is 357 g/mol. The van der Waals surface area contributed by atoms with Crippen molar-refractivity contribution in [2.75, 3.05) is 6.54 Å². The number of hydrogen-bond acceptors (Lipinski definition) is 4. The van der Waals surface area contributed by atoms with E-state index in [1.165, 1.54) is 10.7 Å². The van der Waals surface area contributed by atoms with E-state index in [2.05, 4.69) is 37.3 Å². The maximum atomic E-state index is 12.3. The second kappa shape index (κ2) is 8.17. The molecule has 1 unspecified atom stereocenters. The summed E-state index contributed by atoms with van der Waals surface area (Å²) in [7, 11) is 0. The number of benzene rings is 1. The molecule has 6 nitrogen and oxygen atoms in total. The molecule has 1 heterocycles. The molecule has 26 heavy (non-hydrogen) atoms. The quantitative estimate of drug-likeness (QED) is 0.862. The van der Waals surface area contributed by atoms with Crippen LogP contribution in [0.15, 0.2) is 41.3 Å². The number of rotatable bonds is 6. The van der Waals surface area contributed by atoms with E-state index < -0.39 is 6.10 Å². The van der Waals surface area contributed by atoms with Gasteiger partial charge < -0.3 is 10.1 Å². The number of carbonyl (C=O) groups is 1. The van der Waals surface area contributed by atoms with E-state index >= 15 is 0 Å². The molecule has 0 fully saturated rings. The largest absolute Gasteiger partial charge is 0.481 e. The molecule has 0 saturated carbocycles. The second-order valence-electron chi connectivity index (χ2n) is 7.39. The number of nitrogens with zero attached hydrogens (tertiary/aromatic N) is 2. The Morgan fingerprint density at radius 2 is 2.04 bits per heavy atom. The average molecular weight is 357 g/mol. The summed E-state index contributed by atoms with van der Waals surface area (Å²) in [6, 6.07) is 9.00. The van der Waals surface area contributed by atoms with Crippen molar-refractivity contribution in [1.29, 1.82) is 0 Å². The van der Waals surface area contributed by atoms with E-state index in [4.69, 9.17) is 4.74 Å². The second-order valence-corrected chi connectivity index (χ2v) is 7.39. The van der Waals surface area contributed by atoms with E-state index in [0.29, 0.717) is 18.8 Å². The van der Waals surface area contributed by atoms with Gasteiger partial charge in [0.2, 0.25) is 0 Å². The lowest BCUT2D eigenvalue weighted by molar-refractivity contribution is -0.127. The van der Waals surface area contributed by atoms with Crippen molar-refractivity contribution < 1.29 is 9.53 Å². The van der Waals surface area contributed by atoms with Crippen LogP contribution in [0.1, 0.15) is 38.8 Å². The molecule has 0 radical (unpaired) electrons. The summed E-state index contributed by atoms with van der Waals surface area (Å²) < 4.78 is 7.23. The predicted octanol–water partition coefficient (Wildman–Crippen LogP) is 2.43. The molecule has 1 atom stereocenters. The number of aromatic nitrogens is 2. The Kier molecular flexibility index (Phi) is 6.18. The van der Waals surface area contributed by atoms with Crippen molar-refractivity contribution in [2.45, 2.75) is 52.7 Å². The maximum absolute atomic E-state index is 12.3. The lowest BCUT2D eigenvalue weighted by atomic mass is 9.85. The lowest BCUT2D eigenvalue weighted by Gasteiger charge is -2.25. The molecule has 0 bridgehead atoms. The summed E-state index contributed by atoms with van der Waals surface area (Å²) >= 11 is 0. The lowest BCUT2D eigenvalue weighted by Crippen LogP contribution is -2.39. The number of ether oxygens (including phenoxy) is 1. The van der Waals surface area contributed by atoms with E-state index in [-0.39, 0.29) is 16.9 Å². The first-order chi connectivity index (χ1) is 12.2. The highest BCUT2D eigenvalue weighted by Crippen LogP contribution is 2.32. The highest BCUT2D eigenvalue weighted by atomic mass is 16.5. The van der Waals surface area contributed by atoms with E-state index in [1.807, 2.05) is 19.1 Å². The van der Waals surface area contributed by atoms with Gasteiger partial charge in [-0.25, -0.2) is 4.68 Å². The van der Waals surface area contributed by atoms with Gasteiger partial charge in [0.1, 0.15) is 5.75 Å². The van der Waals surface area contributed by atoms with Crippen molar-refractivity contribution in [3.8, 4) is 5.75 Å². The fourth-order valence-corrected chi connectivity index (χ4v) is 2.56. The zero-order chi connectivity index (χ0) is 19.3. The number of carbonyl (C=O) groups excluding carboxylic acids is 1. The molecule has 0 aliphatic heterocycles. The molecule has 0 spiro atoms. The molecule has 1 aromatic carbocycles. The van der Waals surface area contributed by atoms with Gasteiger partial charge >= 0.3 is 0 Å². The third-order valence-corrected chi connectivity index (χ3v) is 4.02. The number of hydrogen-bond donors (Lipinski definition) is 1. The van der Waals surface area contributed by atoms with Gasteiger partial charge in [0, 0.05) is 18.8 Å². The molecular weight excluding hydrogens is 330 g/mol. The topological polar surface area (TPSA) is 73.2 Å². The SMILES string of the molecule is Cc1ccc(OC(C)C(=O)NCCn2ncccc2=O)c(C(C)(C)C)c1. The summed E-state index contributed by atoms with van der Waals surface area (Å²) in [5, 5.41) is 6.74. The van der Waals surface area contributed by atoms with E-state index in [1.54, 1.807) is 19.2 Å². The fourth-order valence-electron chi connectivity index (χ4n) is 2.56. The highest BCUT2D eigenvalue weighted by molar-refractivity contribution is 5.80. The zero-order valence-electron chi connectivity index (χ0n) is 16.1. The fraction of sp³-hybridized carbons (Fsp3) is 0.450. The van der Waals surface area contributed by atoms with Gasteiger partial charge in [0.25, 0.3) is 11.5 Å². The van der Waals surface area contributed by atoms with Crippen LogP contribution >= 0.6 is 0 Å². The van der Waals surface area contributed by atoms with Crippen LogP contribution in [0.5, 0.6) is 5.75 Å². The summed E-state index contributed by atoms with van der Waals surface area (Å²) in [5.41, 5.74) is 1.94. The summed E-state index contributed by atoms with van der Waals surface area (Å²) in [6.45, 7) is 10.7. The molecule has 0 saturated heterocycles. The van der Waals surface area contributed by atoms with Gasteiger partial charge in [0.15, 0.2) is 6.10 Å². The minimum Gasteiger partial charge on any atom is -0.481 e. The first kappa shape index (κ1) is 19.7. The maximum Gasteiger partial charge on any atom is 0.266 e. The highest BCUT2D eigenvalue weighted by Gasteiger charge is 2.22.